The Kier molecular flexibility index (Phi) is 25.1. The van der Waals surface area contributed by atoms with Gasteiger partial charge in [-0.05, 0) is 149 Å². The second-order valence-electron chi connectivity index (χ2n) is 25.0. The molecular weight excluding hydrogens is 1090 g/mol. The van der Waals surface area contributed by atoms with E-state index in [-0.39, 0.29) is 36.0 Å². The molecule has 3 saturated carbocycles. The highest BCUT2D eigenvalue weighted by Crippen LogP contribution is 2.63. The predicted molar refractivity (Wildman–Crippen MR) is 322 cm³/mol. The lowest BCUT2D eigenvalue weighted by atomic mass is 9.45. The number of unbranched alkanes of at least 4 members (excludes halogenated alkanes) is 3. The lowest BCUT2D eigenvalue weighted by Gasteiger charge is -2.64. The van der Waals surface area contributed by atoms with E-state index in [4.69, 9.17) is 28.4 Å². The van der Waals surface area contributed by atoms with Crippen molar-refractivity contribution >= 4 is 41.7 Å². The number of aliphatic hydroxyl groups is 3. The SMILES string of the molecule is CC/C=C\C/C=C\C/C=C\CCCC/C=C\C/C=C\CCC(=O)O[C@@H](C(=O)O[C@H]1C[C@@]2(O)[C@@H](OC(=O)c3ccccc3)C3[C@](C)(C(=O)[C@H](OC(=O)C4CC4)C(=C1C)C2(C)C)[C@@H](O)C[C@@H](O)[C@]3(CC)OC(C)=O)[C@H](C=C(C)C)NC(=O)OC(C)(C)C. The molecule has 2 bridgehead atoms. The first kappa shape index (κ1) is 69.3. The summed E-state index contributed by atoms with van der Waals surface area (Å²) in [6.45, 7) is 19.2. The van der Waals surface area contributed by atoms with Crippen LogP contribution in [0.25, 0.3) is 0 Å². The highest BCUT2D eigenvalue weighted by Gasteiger charge is 2.76. The summed E-state index contributed by atoms with van der Waals surface area (Å²) in [4.78, 5) is 101. The zero-order chi connectivity index (χ0) is 62.9. The number of hydrogen-bond donors (Lipinski definition) is 4. The maximum absolute atomic E-state index is 16.1. The van der Waals surface area contributed by atoms with Gasteiger partial charge in [-0.15, -0.1) is 0 Å². The number of nitrogens with one attached hydrogen (secondary N) is 1. The Morgan fingerprint density at radius 2 is 1.35 bits per heavy atom. The molecule has 5 rings (SSSR count). The summed E-state index contributed by atoms with van der Waals surface area (Å²) in [5.41, 5.74) is -8.96. The molecule has 0 saturated heterocycles. The minimum atomic E-state index is -2.53. The lowest BCUT2D eigenvalue weighted by Crippen LogP contribution is -2.77. The fourth-order valence-corrected chi connectivity index (χ4v) is 12.1. The van der Waals surface area contributed by atoms with Gasteiger partial charge in [-0.3, -0.25) is 19.2 Å². The van der Waals surface area contributed by atoms with Crippen LogP contribution in [0, 0.1) is 22.7 Å². The van der Waals surface area contributed by atoms with E-state index in [0.29, 0.717) is 24.8 Å². The summed E-state index contributed by atoms with van der Waals surface area (Å²) in [7, 11) is 0. The van der Waals surface area contributed by atoms with Gasteiger partial charge in [0.1, 0.15) is 29.0 Å². The van der Waals surface area contributed by atoms with Crippen LogP contribution in [-0.2, 0) is 52.4 Å². The molecule has 1 amide bonds. The molecule has 4 aliphatic rings. The lowest BCUT2D eigenvalue weighted by molar-refractivity contribution is -0.284. The number of rotatable bonds is 27. The van der Waals surface area contributed by atoms with Gasteiger partial charge >= 0.3 is 35.9 Å². The van der Waals surface area contributed by atoms with E-state index in [1.54, 1.807) is 73.6 Å². The monoisotopic (exact) mass is 1180 g/mol. The van der Waals surface area contributed by atoms with Crippen molar-refractivity contribution in [3.63, 3.8) is 0 Å². The Balaban J connectivity index is 1.52. The Labute approximate surface area is 503 Å². The van der Waals surface area contributed by atoms with Crippen LogP contribution in [-0.4, -0.2) is 117 Å². The molecule has 3 fully saturated rings. The fourth-order valence-electron chi connectivity index (χ4n) is 12.1. The fraction of sp³-hybridized carbons (Fsp3) is 0.603. The molecule has 0 aliphatic heterocycles. The summed E-state index contributed by atoms with van der Waals surface area (Å²) in [5.74, 6) is -7.94. The van der Waals surface area contributed by atoms with Crippen LogP contribution in [0.3, 0.4) is 0 Å². The molecule has 1 aromatic carbocycles. The number of ether oxygens (including phenoxy) is 6. The smallest absolute Gasteiger partial charge is 0.408 e. The second-order valence-corrected chi connectivity index (χ2v) is 25.0. The molecule has 1 aromatic rings. The molecule has 0 aromatic heterocycles. The quantitative estimate of drug-likeness (QED) is 0.0277. The van der Waals surface area contributed by atoms with Crippen LogP contribution in [0.4, 0.5) is 4.79 Å². The number of amides is 1. The van der Waals surface area contributed by atoms with Gasteiger partial charge in [0.25, 0.3) is 0 Å². The molecule has 85 heavy (non-hydrogen) atoms. The average Bonchev–Trinajstić information content (AvgIpc) is 1.78. The van der Waals surface area contributed by atoms with Crippen LogP contribution in [0.1, 0.15) is 190 Å². The predicted octanol–water partition coefficient (Wildman–Crippen LogP) is 11.4. The third kappa shape index (κ3) is 17.6. The minimum absolute atomic E-state index is 0.0167. The van der Waals surface area contributed by atoms with E-state index in [9.17, 15) is 39.3 Å². The largest absolute Gasteiger partial charge is 0.456 e. The molecule has 4 N–H and O–H groups in total. The summed E-state index contributed by atoms with van der Waals surface area (Å²) in [6.07, 6.45) is 18.0. The van der Waals surface area contributed by atoms with Gasteiger partial charge in [-0.25, -0.2) is 14.4 Å². The minimum Gasteiger partial charge on any atom is -0.456 e. The molecule has 11 atom stereocenters. The van der Waals surface area contributed by atoms with Gasteiger partial charge in [-0.2, -0.15) is 0 Å². The van der Waals surface area contributed by atoms with Crippen molar-refractivity contribution < 1.29 is 77.3 Å². The maximum atomic E-state index is 16.1. The average molecular weight is 1180 g/mol. The van der Waals surface area contributed by atoms with Crippen molar-refractivity contribution in [3.05, 3.63) is 119 Å². The number of hydrogen-bond acceptors (Lipinski definition) is 16. The number of fused-ring (bicyclic) bond motifs is 3. The van der Waals surface area contributed by atoms with Gasteiger partial charge in [-0.1, -0.05) is 118 Å². The third-order valence-corrected chi connectivity index (χ3v) is 16.8. The second kappa shape index (κ2) is 30.8. The van der Waals surface area contributed by atoms with E-state index in [2.05, 4.69) is 60.8 Å². The first-order valence-electron chi connectivity index (χ1n) is 30.4. The number of benzene rings is 1. The van der Waals surface area contributed by atoms with Gasteiger partial charge in [0.05, 0.1) is 41.1 Å². The van der Waals surface area contributed by atoms with Crippen molar-refractivity contribution in [1.82, 2.24) is 5.32 Å². The van der Waals surface area contributed by atoms with E-state index < -0.39 is 137 Å². The van der Waals surface area contributed by atoms with Crippen LogP contribution in [0.15, 0.2) is 114 Å². The van der Waals surface area contributed by atoms with E-state index in [1.807, 2.05) is 12.2 Å². The number of Topliss-reactive ketones (excluding diaryl/α,β-unsaturated/α-hetero) is 1. The number of alkyl carbamates (subject to hydrolysis) is 1. The van der Waals surface area contributed by atoms with E-state index >= 15 is 9.59 Å². The number of ketones is 1. The molecular formula is C68H95NO16. The standard InChI is InChI=1S/C68H95NO16/c1-13-15-16-17-18-19-20-21-22-23-24-25-26-27-28-29-30-31-35-38-53(73)81-55(49(41-44(3)4)69-63(78)85-64(7,8)9)62(77)80-50-43-68(79)59(83-61(76)47-36-33-32-34-37-47)57-66(12,51(71)42-52(72)67(57,14-2)84-46(6)70)58(74)56(82-60(75)48-39-40-48)54(45(50)5)65(68,10)11/h15-16,18-19,21-22,27-28,30-34,36-37,41,48-52,55-57,59,71-72,79H,13-14,17,20,23-26,29,35,38-40,42-43H2,1-12H3,(H,69,78)/b16-15-,19-18-,22-21-,28-27-,31-30-/t49-,50-,51-,52+,55+,56+,57?,59-,66+,67-,68+/m0/s1. The summed E-state index contributed by atoms with van der Waals surface area (Å²) < 4.78 is 36.9. The zero-order valence-electron chi connectivity index (χ0n) is 52.2. The molecule has 17 heteroatoms. The van der Waals surface area contributed by atoms with Crippen molar-refractivity contribution in [1.29, 1.82) is 0 Å². The van der Waals surface area contributed by atoms with Crippen molar-refractivity contribution in [2.75, 3.05) is 0 Å². The Morgan fingerprint density at radius 3 is 1.89 bits per heavy atom. The highest BCUT2D eigenvalue weighted by atomic mass is 16.6. The summed E-state index contributed by atoms with van der Waals surface area (Å²) >= 11 is 0. The maximum Gasteiger partial charge on any atom is 0.408 e. The molecule has 1 unspecified atom stereocenters. The van der Waals surface area contributed by atoms with Crippen LogP contribution in [0.5, 0.6) is 0 Å². The number of aliphatic hydroxyl groups excluding tert-OH is 2. The highest BCUT2D eigenvalue weighted by molar-refractivity contribution is 5.96. The van der Waals surface area contributed by atoms with Gasteiger partial charge in [0.2, 0.25) is 6.10 Å². The molecule has 0 heterocycles. The number of carbonyl (C=O) groups is 7. The topological polar surface area (TPSA) is 248 Å². The Bertz CT molecular complexity index is 2720. The number of esters is 5. The van der Waals surface area contributed by atoms with Crippen LogP contribution < -0.4 is 5.32 Å². The molecule has 0 spiro atoms. The van der Waals surface area contributed by atoms with E-state index in [1.165, 1.54) is 32.1 Å². The first-order valence-corrected chi connectivity index (χ1v) is 30.4. The molecule has 0 radical (unpaired) electrons. The first-order chi connectivity index (χ1) is 40.1. The summed E-state index contributed by atoms with van der Waals surface area (Å²) in [6, 6.07) is 6.36. The van der Waals surface area contributed by atoms with Gasteiger partial charge in [0.15, 0.2) is 11.9 Å². The van der Waals surface area contributed by atoms with Gasteiger partial charge in [0, 0.05) is 31.6 Å². The van der Waals surface area contributed by atoms with Crippen LogP contribution in [0.2, 0.25) is 0 Å². The molecule has 468 valence electrons. The number of carbonyl (C=O) groups excluding carboxylic acids is 7. The zero-order valence-corrected chi connectivity index (χ0v) is 52.2. The Hall–Kier alpha value is -6.43. The molecule has 4 aliphatic carbocycles. The normalized spacial score (nSPS) is 27.4. The van der Waals surface area contributed by atoms with Crippen molar-refractivity contribution in [3.8, 4) is 0 Å². The summed E-state index contributed by atoms with van der Waals surface area (Å²) in [5, 5.41) is 41.3. The third-order valence-electron chi connectivity index (χ3n) is 16.8. The van der Waals surface area contributed by atoms with Crippen molar-refractivity contribution in [2.24, 2.45) is 22.7 Å². The van der Waals surface area contributed by atoms with Gasteiger partial charge < -0.3 is 49.1 Å². The van der Waals surface area contributed by atoms with Crippen molar-refractivity contribution in [2.45, 2.75) is 239 Å². The number of allylic oxidation sites excluding steroid dienone is 11. The van der Waals surface area contributed by atoms with Crippen LogP contribution >= 0.6 is 0 Å². The van der Waals surface area contributed by atoms with E-state index in [0.717, 1.165) is 51.9 Å². The molecule has 17 nitrogen and oxygen atoms in total. The Morgan fingerprint density at radius 1 is 0.776 bits per heavy atom.